The fourth-order valence-electron chi connectivity index (χ4n) is 3.51. The van der Waals surface area contributed by atoms with Crippen LogP contribution in [0.1, 0.15) is 60.1 Å². The lowest BCUT2D eigenvalue weighted by molar-refractivity contribution is -0.145. The Bertz CT molecular complexity index is 792. The first-order chi connectivity index (χ1) is 12.7. The molecule has 1 aliphatic rings. The highest BCUT2D eigenvalue weighted by Crippen LogP contribution is 2.25. The second-order valence-corrected chi connectivity index (χ2v) is 7.21. The predicted molar refractivity (Wildman–Crippen MR) is 97.9 cm³/mol. The standard InChI is InChI=1S/C19H26N2O6/c1-11-8-14(17(24)20-15(19(26)27)9-16(22)23)18(25)21(12(11)2)10-13-6-4-3-5-7-13/h8,13,15H,3-7,9-10H2,1-2H3,(H,20,24)(H,22,23)(H,26,27)/t15-/m0/s1. The third-order valence-electron chi connectivity index (χ3n) is 5.20. The molecule has 1 fully saturated rings. The summed E-state index contributed by atoms with van der Waals surface area (Å²) in [5.74, 6) is -3.30. The summed E-state index contributed by atoms with van der Waals surface area (Å²) in [6.45, 7) is 4.14. The minimum atomic E-state index is -1.59. The zero-order valence-electron chi connectivity index (χ0n) is 15.7. The van der Waals surface area contributed by atoms with Crippen molar-refractivity contribution in [2.45, 2.75) is 65.0 Å². The summed E-state index contributed by atoms with van der Waals surface area (Å²) in [7, 11) is 0. The number of aliphatic carboxylic acids is 2. The van der Waals surface area contributed by atoms with Crippen LogP contribution in [0.5, 0.6) is 0 Å². The number of hydrogen-bond donors (Lipinski definition) is 3. The van der Waals surface area contributed by atoms with Gasteiger partial charge in [0.1, 0.15) is 11.6 Å². The average molecular weight is 378 g/mol. The number of carbonyl (C=O) groups is 3. The maximum Gasteiger partial charge on any atom is 0.326 e. The molecule has 0 radical (unpaired) electrons. The van der Waals surface area contributed by atoms with Gasteiger partial charge in [-0.1, -0.05) is 19.3 Å². The molecule has 0 aliphatic heterocycles. The number of pyridine rings is 1. The van der Waals surface area contributed by atoms with Gasteiger partial charge in [-0.2, -0.15) is 0 Å². The van der Waals surface area contributed by atoms with E-state index >= 15 is 0 Å². The van der Waals surface area contributed by atoms with Crippen LogP contribution in [0.25, 0.3) is 0 Å². The Labute approximate surface area is 157 Å². The van der Waals surface area contributed by atoms with Crippen LogP contribution < -0.4 is 10.9 Å². The van der Waals surface area contributed by atoms with Crippen LogP contribution in [0.2, 0.25) is 0 Å². The van der Waals surface area contributed by atoms with Crippen molar-refractivity contribution in [3.8, 4) is 0 Å². The van der Waals surface area contributed by atoms with Gasteiger partial charge >= 0.3 is 11.9 Å². The quantitative estimate of drug-likeness (QED) is 0.663. The summed E-state index contributed by atoms with van der Waals surface area (Å²) >= 11 is 0. The molecular formula is C19H26N2O6. The van der Waals surface area contributed by atoms with Crippen molar-refractivity contribution in [3.05, 3.63) is 33.2 Å². The van der Waals surface area contributed by atoms with Gasteiger partial charge in [0.25, 0.3) is 11.5 Å². The molecule has 1 amide bonds. The lowest BCUT2D eigenvalue weighted by Crippen LogP contribution is -2.44. The Morgan fingerprint density at radius 2 is 1.81 bits per heavy atom. The SMILES string of the molecule is Cc1cc(C(=O)N[C@@H](CC(=O)O)C(=O)O)c(=O)n(CC2CCCCC2)c1C. The van der Waals surface area contributed by atoms with Crippen LogP contribution in [0.3, 0.4) is 0 Å². The van der Waals surface area contributed by atoms with E-state index in [1.54, 1.807) is 11.5 Å². The van der Waals surface area contributed by atoms with Crippen LogP contribution in [-0.4, -0.2) is 38.7 Å². The summed E-state index contributed by atoms with van der Waals surface area (Å²) in [5, 5.41) is 20.0. The number of carbonyl (C=O) groups excluding carboxylic acids is 1. The second kappa shape index (κ2) is 8.83. The van der Waals surface area contributed by atoms with Crippen molar-refractivity contribution in [3.63, 3.8) is 0 Å². The molecule has 8 heteroatoms. The van der Waals surface area contributed by atoms with E-state index in [2.05, 4.69) is 5.32 Å². The van der Waals surface area contributed by atoms with Crippen molar-refractivity contribution in [1.82, 2.24) is 9.88 Å². The molecular weight excluding hydrogens is 352 g/mol. The number of nitrogens with one attached hydrogen (secondary N) is 1. The van der Waals surface area contributed by atoms with Gasteiger partial charge in [0.15, 0.2) is 0 Å². The average Bonchev–Trinajstić information content (AvgIpc) is 2.61. The van der Waals surface area contributed by atoms with Crippen LogP contribution in [0.4, 0.5) is 0 Å². The predicted octanol–water partition coefficient (Wildman–Crippen LogP) is 1.70. The highest BCUT2D eigenvalue weighted by molar-refractivity contribution is 5.97. The number of aromatic nitrogens is 1. The zero-order valence-corrected chi connectivity index (χ0v) is 15.7. The first-order valence-electron chi connectivity index (χ1n) is 9.17. The first-order valence-corrected chi connectivity index (χ1v) is 9.17. The Balaban J connectivity index is 2.30. The number of hydrogen-bond acceptors (Lipinski definition) is 4. The molecule has 3 N–H and O–H groups in total. The summed E-state index contributed by atoms with van der Waals surface area (Å²) in [6, 6.07) is -0.160. The fraction of sp³-hybridized carbons (Fsp3) is 0.579. The third kappa shape index (κ3) is 5.18. The van der Waals surface area contributed by atoms with Crippen LogP contribution >= 0.6 is 0 Å². The maximum atomic E-state index is 12.9. The summed E-state index contributed by atoms with van der Waals surface area (Å²) in [4.78, 5) is 47.3. The topological polar surface area (TPSA) is 126 Å². The van der Waals surface area contributed by atoms with Gasteiger partial charge < -0.3 is 20.1 Å². The van der Waals surface area contributed by atoms with E-state index in [0.29, 0.717) is 12.5 Å². The maximum absolute atomic E-state index is 12.9. The van der Waals surface area contributed by atoms with Gasteiger partial charge in [0.05, 0.1) is 6.42 Å². The van der Waals surface area contributed by atoms with Gasteiger partial charge in [-0.25, -0.2) is 4.79 Å². The summed E-state index contributed by atoms with van der Waals surface area (Å²) in [5.41, 5.74) is 0.897. The number of rotatable bonds is 7. The molecule has 27 heavy (non-hydrogen) atoms. The monoisotopic (exact) mass is 378 g/mol. The molecule has 8 nitrogen and oxygen atoms in total. The molecule has 1 heterocycles. The first kappa shape index (κ1) is 20.7. The molecule has 148 valence electrons. The largest absolute Gasteiger partial charge is 0.481 e. The van der Waals surface area contributed by atoms with Crippen molar-refractivity contribution in [2.24, 2.45) is 5.92 Å². The van der Waals surface area contributed by atoms with E-state index in [9.17, 15) is 19.2 Å². The molecule has 1 atom stereocenters. The van der Waals surface area contributed by atoms with Crippen molar-refractivity contribution < 1.29 is 24.6 Å². The summed E-state index contributed by atoms with van der Waals surface area (Å²) in [6.07, 6.45) is 4.79. The van der Waals surface area contributed by atoms with E-state index in [1.807, 2.05) is 6.92 Å². The van der Waals surface area contributed by atoms with Crippen LogP contribution in [0.15, 0.2) is 10.9 Å². The van der Waals surface area contributed by atoms with Crippen molar-refractivity contribution >= 4 is 17.8 Å². The van der Waals surface area contributed by atoms with E-state index in [0.717, 1.165) is 36.9 Å². The van der Waals surface area contributed by atoms with Crippen molar-refractivity contribution in [1.29, 1.82) is 0 Å². The smallest absolute Gasteiger partial charge is 0.326 e. The van der Waals surface area contributed by atoms with E-state index in [-0.39, 0.29) is 5.56 Å². The van der Waals surface area contributed by atoms with E-state index < -0.39 is 35.9 Å². The number of carboxylic acids is 2. The second-order valence-electron chi connectivity index (χ2n) is 7.21. The Morgan fingerprint density at radius 1 is 1.19 bits per heavy atom. The molecule has 0 aromatic carbocycles. The zero-order chi connectivity index (χ0) is 20.1. The number of amides is 1. The van der Waals surface area contributed by atoms with E-state index in [1.165, 1.54) is 12.5 Å². The molecule has 0 spiro atoms. The number of nitrogens with zero attached hydrogens (tertiary/aromatic N) is 1. The number of carboxylic acid groups (broad SMARTS) is 2. The molecule has 1 aromatic heterocycles. The van der Waals surface area contributed by atoms with Gasteiger partial charge in [0, 0.05) is 12.2 Å². The molecule has 0 saturated heterocycles. The van der Waals surface area contributed by atoms with Crippen LogP contribution in [-0.2, 0) is 16.1 Å². The number of aryl methyl sites for hydroxylation is 1. The van der Waals surface area contributed by atoms with Gasteiger partial charge in [-0.3, -0.25) is 14.4 Å². The highest BCUT2D eigenvalue weighted by atomic mass is 16.4. The Morgan fingerprint density at radius 3 is 2.37 bits per heavy atom. The minimum absolute atomic E-state index is 0.162. The highest BCUT2D eigenvalue weighted by Gasteiger charge is 2.26. The molecule has 1 saturated carbocycles. The lowest BCUT2D eigenvalue weighted by atomic mass is 9.89. The Hall–Kier alpha value is -2.64. The van der Waals surface area contributed by atoms with Gasteiger partial charge in [-0.05, 0) is 44.2 Å². The normalized spacial score (nSPS) is 15.9. The Kier molecular flexibility index (Phi) is 6.76. The van der Waals surface area contributed by atoms with Gasteiger partial charge in [0.2, 0.25) is 0 Å². The lowest BCUT2D eigenvalue weighted by Gasteiger charge is -2.24. The summed E-state index contributed by atoms with van der Waals surface area (Å²) < 4.78 is 1.59. The molecule has 1 aliphatic carbocycles. The van der Waals surface area contributed by atoms with Gasteiger partial charge in [-0.15, -0.1) is 0 Å². The molecule has 0 bridgehead atoms. The molecule has 2 rings (SSSR count). The molecule has 1 aromatic rings. The minimum Gasteiger partial charge on any atom is -0.481 e. The van der Waals surface area contributed by atoms with Crippen molar-refractivity contribution in [2.75, 3.05) is 0 Å². The van der Waals surface area contributed by atoms with Crippen LogP contribution in [0, 0.1) is 19.8 Å². The molecule has 0 unspecified atom stereocenters. The third-order valence-corrected chi connectivity index (χ3v) is 5.20. The fourth-order valence-corrected chi connectivity index (χ4v) is 3.51. The van der Waals surface area contributed by atoms with E-state index in [4.69, 9.17) is 10.2 Å².